The van der Waals surface area contributed by atoms with Crippen molar-refractivity contribution in [3.8, 4) is 0 Å². The number of nitrogens with one attached hydrogen (secondary N) is 1. The normalized spacial score (nSPS) is 10.5. The molecule has 0 fully saturated rings. The zero-order chi connectivity index (χ0) is 8.43. The summed E-state index contributed by atoms with van der Waals surface area (Å²) in [5.74, 6) is 0.267. The number of carbonyl (C=O) groups is 1. The van der Waals surface area contributed by atoms with Gasteiger partial charge in [-0.25, -0.2) is 0 Å². The minimum Gasteiger partial charge on any atom is -0.296 e. The summed E-state index contributed by atoms with van der Waals surface area (Å²) in [6.07, 6.45) is 0.644. The molecule has 0 saturated carbocycles. The van der Waals surface area contributed by atoms with E-state index in [0.717, 1.165) is 5.69 Å². The third-order valence-electron chi connectivity index (χ3n) is 1.45. The fraction of sp³-hybridized carbons (Fsp3) is 0.429. The van der Waals surface area contributed by atoms with E-state index in [-0.39, 0.29) is 11.6 Å². The van der Waals surface area contributed by atoms with E-state index in [0.29, 0.717) is 11.3 Å². The summed E-state index contributed by atoms with van der Waals surface area (Å²) in [6.45, 7) is 3.96. The van der Waals surface area contributed by atoms with Crippen LogP contribution >= 0.6 is 11.6 Å². The first-order chi connectivity index (χ1) is 5.16. The maximum atomic E-state index is 10.3. The zero-order valence-electron chi connectivity index (χ0n) is 6.39. The molecular weight excluding hydrogens is 164 g/mol. The number of nitrogens with zero attached hydrogens (tertiary/aromatic N) is 1. The first-order valence-corrected chi connectivity index (χ1v) is 3.73. The van der Waals surface area contributed by atoms with E-state index in [2.05, 4.69) is 10.2 Å². The molecule has 3 nitrogen and oxygen atoms in total. The Morgan fingerprint density at radius 3 is 2.55 bits per heavy atom. The van der Waals surface area contributed by atoms with Crippen LogP contribution < -0.4 is 0 Å². The standard InChI is InChI=1S/C7H9ClN2O/c1-4(2)7-6(8)5(3-11)9-10-7/h3-4H,1-2H3,(H,9,10). The second kappa shape index (κ2) is 3.05. The number of carbonyl (C=O) groups excluding carboxylic acids is 1. The van der Waals surface area contributed by atoms with Crippen molar-refractivity contribution in [2.75, 3.05) is 0 Å². The van der Waals surface area contributed by atoms with Gasteiger partial charge < -0.3 is 0 Å². The van der Waals surface area contributed by atoms with E-state index in [1.54, 1.807) is 0 Å². The van der Waals surface area contributed by atoms with Crippen molar-refractivity contribution < 1.29 is 4.79 Å². The third-order valence-corrected chi connectivity index (χ3v) is 1.84. The van der Waals surface area contributed by atoms with Gasteiger partial charge in [0.05, 0.1) is 10.7 Å². The van der Waals surface area contributed by atoms with Crippen LogP contribution in [0.3, 0.4) is 0 Å². The lowest BCUT2D eigenvalue weighted by Gasteiger charge is -1.99. The fourth-order valence-corrected chi connectivity index (χ4v) is 1.16. The van der Waals surface area contributed by atoms with Gasteiger partial charge in [0.2, 0.25) is 0 Å². The number of aldehydes is 1. The van der Waals surface area contributed by atoms with E-state index in [4.69, 9.17) is 11.6 Å². The Balaban J connectivity index is 3.10. The quantitative estimate of drug-likeness (QED) is 0.694. The number of hydrogen-bond acceptors (Lipinski definition) is 2. The zero-order valence-corrected chi connectivity index (χ0v) is 7.14. The summed E-state index contributed by atoms with van der Waals surface area (Å²) in [4.78, 5) is 10.3. The van der Waals surface area contributed by atoms with Crippen LogP contribution in [0.15, 0.2) is 0 Å². The molecule has 0 aromatic carbocycles. The second-order valence-corrected chi connectivity index (χ2v) is 2.99. The molecule has 0 aliphatic heterocycles. The lowest BCUT2D eigenvalue weighted by Crippen LogP contribution is -1.87. The maximum absolute atomic E-state index is 10.3. The molecule has 0 radical (unpaired) electrons. The van der Waals surface area contributed by atoms with Crippen LogP contribution in [-0.2, 0) is 0 Å². The minimum atomic E-state index is 0.267. The highest BCUT2D eigenvalue weighted by molar-refractivity contribution is 6.33. The SMILES string of the molecule is CC(C)c1[nH]nc(C=O)c1Cl. The molecule has 0 saturated heterocycles. The first kappa shape index (κ1) is 8.27. The number of hydrogen-bond donors (Lipinski definition) is 1. The van der Waals surface area contributed by atoms with Gasteiger partial charge in [0.1, 0.15) is 5.69 Å². The van der Waals surface area contributed by atoms with Crippen LogP contribution in [0.2, 0.25) is 5.02 Å². The van der Waals surface area contributed by atoms with Crippen molar-refractivity contribution in [3.63, 3.8) is 0 Å². The summed E-state index contributed by atoms with van der Waals surface area (Å²) < 4.78 is 0. The molecule has 11 heavy (non-hydrogen) atoms. The summed E-state index contributed by atoms with van der Waals surface area (Å²) in [6, 6.07) is 0. The van der Waals surface area contributed by atoms with Crippen LogP contribution in [0.5, 0.6) is 0 Å². The predicted octanol–water partition coefficient (Wildman–Crippen LogP) is 2.00. The van der Waals surface area contributed by atoms with Crippen LogP contribution in [0, 0.1) is 0 Å². The Hall–Kier alpha value is -0.830. The minimum absolute atomic E-state index is 0.267. The molecule has 1 heterocycles. The fourth-order valence-electron chi connectivity index (χ4n) is 0.817. The highest BCUT2D eigenvalue weighted by atomic mass is 35.5. The molecule has 0 bridgehead atoms. The summed E-state index contributed by atoms with van der Waals surface area (Å²) in [5.41, 5.74) is 1.10. The Labute approximate surface area is 69.8 Å². The molecule has 1 aromatic rings. The van der Waals surface area contributed by atoms with E-state index in [9.17, 15) is 4.79 Å². The Morgan fingerprint density at radius 1 is 1.64 bits per heavy atom. The van der Waals surface area contributed by atoms with Gasteiger partial charge in [-0.2, -0.15) is 5.10 Å². The summed E-state index contributed by atoms with van der Waals surface area (Å²) in [5, 5.41) is 6.88. The van der Waals surface area contributed by atoms with Crippen LogP contribution in [0.1, 0.15) is 35.9 Å². The highest BCUT2D eigenvalue weighted by Crippen LogP contribution is 2.23. The molecular formula is C7H9ClN2O. The Kier molecular flexibility index (Phi) is 2.29. The van der Waals surface area contributed by atoms with Gasteiger partial charge in [0.25, 0.3) is 0 Å². The lowest BCUT2D eigenvalue weighted by molar-refractivity contribution is 0.111. The van der Waals surface area contributed by atoms with Crippen LogP contribution in [0.4, 0.5) is 0 Å². The van der Waals surface area contributed by atoms with E-state index in [1.165, 1.54) is 0 Å². The molecule has 4 heteroatoms. The number of rotatable bonds is 2. The topological polar surface area (TPSA) is 45.8 Å². The molecule has 0 atom stereocenters. The largest absolute Gasteiger partial charge is 0.296 e. The van der Waals surface area contributed by atoms with E-state index < -0.39 is 0 Å². The summed E-state index contributed by atoms with van der Waals surface area (Å²) >= 11 is 5.79. The van der Waals surface area contributed by atoms with E-state index >= 15 is 0 Å². The second-order valence-electron chi connectivity index (χ2n) is 2.61. The number of H-pyrrole nitrogens is 1. The molecule has 0 unspecified atom stereocenters. The van der Waals surface area contributed by atoms with Gasteiger partial charge in [-0.3, -0.25) is 9.89 Å². The first-order valence-electron chi connectivity index (χ1n) is 3.35. The van der Waals surface area contributed by atoms with Crippen molar-refractivity contribution in [1.29, 1.82) is 0 Å². The number of aromatic amines is 1. The molecule has 0 amide bonds. The van der Waals surface area contributed by atoms with E-state index in [1.807, 2.05) is 13.8 Å². The number of halogens is 1. The van der Waals surface area contributed by atoms with Gasteiger partial charge in [0.15, 0.2) is 6.29 Å². The molecule has 1 rings (SSSR count). The summed E-state index contributed by atoms with van der Waals surface area (Å²) in [7, 11) is 0. The molecule has 0 aliphatic carbocycles. The van der Waals surface area contributed by atoms with Crippen molar-refractivity contribution in [3.05, 3.63) is 16.4 Å². The molecule has 1 N–H and O–H groups in total. The monoisotopic (exact) mass is 172 g/mol. The molecule has 1 aromatic heterocycles. The number of aromatic nitrogens is 2. The van der Waals surface area contributed by atoms with Gasteiger partial charge >= 0.3 is 0 Å². The lowest BCUT2D eigenvalue weighted by atomic mass is 10.1. The highest BCUT2D eigenvalue weighted by Gasteiger charge is 2.12. The van der Waals surface area contributed by atoms with Crippen molar-refractivity contribution in [2.24, 2.45) is 0 Å². The molecule has 0 spiro atoms. The maximum Gasteiger partial charge on any atom is 0.171 e. The average molecular weight is 173 g/mol. The van der Waals surface area contributed by atoms with Crippen molar-refractivity contribution in [1.82, 2.24) is 10.2 Å². The van der Waals surface area contributed by atoms with Crippen LogP contribution in [-0.4, -0.2) is 16.5 Å². The molecule has 0 aliphatic rings. The average Bonchev–Trinajstić information content (AvgIpc) is 2.30. The smallest absolute Gasteiger partial charge is 0.171 e. The van der Waals surface area contributed by atoms with Gasteiger partial charge in [-0.1, -0.05) is 25.4 Å². The Bertz CT molecular complexity index is 267. The third kappa shape index (κ3) is 1.43. The van der Waals surface area contributed by atoms with Crippen molar-refractivity contribution >= 4 is 17.9 Å². The molecule has 60 valence electrons. The predicted molar refractivity (Wildman–Crippen MR) is 43.1 cm³/mol. The van der Waals surface area contributed by atoms with Gasteiger partial charge in [-0.05, 0) is 5.92 Å². The van der Waals surface area contributed by atoms with Crippen LogP contribution in [0.25, 0.3) is 0 Å². The van der Waals surface area contributed by atoms with Gasteiger partial charge in [-0.15, -0.1) is 0 Å². The van der Waals surface area contributed by atoms with Crippen molar-refractivity contribution in [2.45, 2.75) is 19.8 Å². The van der Waals surface area contributed by atoms with Gasteiger partial charge in [0, 0.05) is 0 Å². The Morgan fingerprint density at radius 2 is 2.27 bits per heavy atom.